The maximum atomic E-state index is 10.8. The van der Waals surface area contributed by atoms with Gasteiger partial charge in [0.1, 0.15) is 11.3 Å². The normalized spacial score (nSPS) is 9.38. The van der Waals surface area contributed by atoms with Crippen LogP contribution >= 0.6 is 0 Å². The first kappa shape index (κ1) is 9.34. The lowest BCUT2D eigenvalue weighted by Crippen LogP contribution is -2.12. The van der Waals surface area contributed by atoms with Gasteiger partial charge >= 0.3 is 5.97 Å². The summed E-state index contributed by atoms with van der Waals surface area (Å²) < 4.78 is 4.87. The molecule has 0 spiro atoms. The lowest BCUT2D eigenvalue weighted by atomic mass is 10.1. The molecule has 0 aliphatic rings. The highest BCUT2D eigenvalue weighted by Crippen LogP contribution is 2.25. The minimum Gasteiger partial charge on any atom is -0.496 e. The fourth-order valence-electron chi connectivity index (χ4n) is 1.04. The highest BCUT2D eigenvalue weighted by molar-refractivity contribution is 5.97. The Balaban J connectivity index is 3.29. The third kappa shape index (κ3) is 1.70. The van der Waals surface area contributed by atoms with Gasteiger partial charge in [-0.3, -0.25) is 5.84 Å². The van der Waals surface area contributed by atoms with Crippen LogP contribution in [0.5, 0.6) is 5.75 Å². The molecular weight excluding hydrogens is 172 g/mol. The number of methoxy groups -OCH3 is 1. The quantitative estimate of drug-likeness (QED) is 0.472. The highest BCUT2D eigenvalue weighted by atomic mass is 16.5. The number of hydrazine groups is 1. The fraction of sp³-hybridized carbons (Fsp3) is 0.125. The zero-order valence-electron chi connectivity index (χ0n) is 7.07. The van der Waals surface area contributed by atoms with Crippen molar-refractivity contribution in [1.29, 1.82) is 0 Å². The molecule has 0 unspecified atom stereocenters. The Labute approximate surface area is 75.1 Å². The molecule has 5 heteroatoms. The van der Waals surface area contributed by atoms with Crippen molar-refractivity contribution in [2.45, 2.75) is 0 Å². The maximum absolute atomic E-state index is 10.8. The number of anilines is 1. The number of carboxylic acid groups (broad SMARTS) is 1. The van der Waals surface area contributed by atoms with Gasteiger partial charge in [0.2, 0.25) is 0 Å². The Morgan fingerprint density at radius 1 is 1.62 bits per heavy atom. The lowest BCUT2D eigenvalue weighted by Gasteiger charge is -2.08. The average molecular weight is 182 g/mol. The number of hydrogen-bond donors (Lipinski definition) is 3. The summed E-state index contributed by atoms with van der Waals surface area (Å²) in [6.07, 6.45) is 0. The van der Waals surface area contributed by atoms with E-state index in [9.17, 15) is 4.79 Å². The number of hydrogen-bond acceptors (Lipinski definition) is 4. The van der Waals surface area contributed by atoms with Crippen LogP contribution in [0.2, 0.25) is 0 Å². The van der Waals surface area contributed by atoms with Crippen molar-refractivity contribution in [3.63, 3.8) is 0 Å². The first-order valence-electron chi connectivity index (χ1n) is 3.57. The SMILES string of the molecule is COc1cccc(NN)c1C(=O)O. The van der Waals surface area contributed by atoms with Gasteiger partial charge in [0.25, 0.3) is 0 Å². The predicted octanol–water partition coefficient (Wildman–Crippen LogP) is 0.679. The molecule has 70 valence electrons. The van der Waals surface area contributed by atoms with E-state index in [4.69, 9.17) is 15.7 Å². The molecule has 0 aliphatic heterocycles. The molecule has 0 radical (unpaired) electrons. The fourth-order valence-corrected chi connectivity index (χ4v) is 1.04. The Bertz CT molecular complexity index is 303. The average Bonchev–Trinajstić information content (AvgIpc) is 2.16. The number of ether oxygens (including phenoxy) is 1. The van der Waals surface area contributed by atoms with Gasteiger partial charge in [0.15, 0.2) is 0 Å². The summed E-state index contributed by atoms with van der Waals surface area (Å²) in [7, 11) is 1.40. The number of benzene rings is 1. The molecule has 0 saturated heterocycles. The number of nitrogen functional groups attached to an aromatic ring is 1. The summed E-state index contributed by atoms with van der Waals surface area (Å²) in [5, 5.41) is 8.83. The molecule has 0 heterocycles. The van der Waals surface area contributed by atoms with Gasteiger partial charge in [-0.15, -0.1) is 0 Å². The first-order valence-corrected chi connectivity index (χ1v) is 3.57. The third-order valence-electron chi connectivity index (χ3n) is 1.62. The third-order valence-corrected chi connectivity index (χ3v) is 1.62. The molecule has 0 atom stereocenters. The summed E-state index contributed by atoms with van der Waals surface area (Å²) in [6, 6.07) is 4.77. The second kappa shape index (κ2) is 3.77. The van der Waals surface area contributed by atoms with Crippen LogP contribution in [0.4, 0.5) is 5.69 Å². The molecule has 0 amide bonds. The number of nitrogens with two attached hydrogens (primary N) is 1. The Morgan fingerprint density at radius 2 is 2.31 bits per heavy atom. The van der Waals surface area contributed by atoms with Crippen LogP contribution < -0.4 is 16.0 Å². The van der Waals surface area contributed by atoms with Crippen molar-refractivity contribution in [3.8, 4) is 5.75 Å². The van der Waals surface area contributed by atoms with E-state index in [1.807, 2.05) is 0 Å². The van der Waals surface area contributed by atoms with Crippen molar-refractivity contribution in [2.24, 2.45) is 5.84 Å². The summed E-state index contributed by atoms with van der Waals surface area (Å²) in [5.74, 6) is 4.35. The first-order chi connectivity index (χ1) is 6.20. The Kier molecular flexibility index (Phi) is 2.71. The molecule has 0 bridgehead atoms. The van der Waals surface area contributed by atoms with E-state index in [1.54, 1.807) is 18.2 Å². The van der Waals surface area contributed by atoms with E-state index in [0.29, 0.717) is 5.69 Å². The zero-order valence-corrected chi connectivity index (χ0v) is 7.07. The van der Waals surface area contributed by atoms with Crippen molar-refractivity contribution in [3.05, 3.63) is 23.8 Å². The molecule has 0 aliphatic carbocycles. The van der Waals surface area contributed by atoms with E-state index >= 15 is 0 Å². The van der Waals surface area contributed by atoms with Crippen LogP contribution in [-0.2, 0) is 0 Å². The predicted molar refractivity (Wildman–Crippen MR) is 47.8 cm³/mol. The van der Waals surface area contributed by atoms with E-state index in [-0.39, 0.29) is 11.3 Å². The van der Waals surface area contributed by atoms with E-state index < -0.39 is 5.97 Å². The molecule has 0 aromatic heterocycles. The van der Waals surface area contributed by atoms with Gasteiger partial charge in [0.05, 0.1) is 12.8 Å². The number of nitrogens with one attached hydrogen (secondary N) is 1. The summed E-state index contributed by atoms with van der Waals surface area (Å²) >= 11 is 0. The van der Waals surface area contributed by atoms with Crippen molar-refractivity contribution < 1.29 is 14.6 Å². The zero-order chi connectivity index (χ0) is 9.84. The molecule has 1 aromatic carbocycles. The monoisotopic (exact) mass is 182 g/mol. The van der Waals surface area contributed by atoms with Gasteiger partial charge in [-0.1, -0.05) is 6.07 Å². The number of aromatic carboxylic acids is 1. The van der Waals surface area contributed by atoms with Crippen molar-refractivity contribution >= 4 is 11.7 Å². The summed E-state index contributed by atoms with van der Waals surface area (Å²) in [4.78, 5) is 10.8. The topological polar surface area (TPSA) is 84.6 Å². The second-order valence-corrected chi connectivity index (χ2v) is 2.33. The molecule has 0 saturated carbocycles. The Hall–Kier alpha value is -1.75. The largest absolute Gasteiger partial charge is 0.496 e. The van der Waals surface area contributed by atoms with Gasteiger partial charge in [-0.05, 0) is 12.1 Å². The lowest BCUT2D eigenvalue weighted by molar-refractivity contribution is 0.0694. The number of rotatable bonds is 3. The van der Waals surface area contributed by atoms with E-state index in [2.05, 4.69) is 5.43 Å². The van der Waals surface area contributed by atoms with Crippen molar-refractivity contribution in [2.75, 3.05) is 12.5 Å². The molecule has 5 nitrogen and oxygen atoms in total. The standard InChI is InChI=1S/C8H10N2O3/c1-13-6-4-2-3-5(10-9)7(6)8(11)12/h2-4,10H,9H2,1H3,(H,11,12). The van der Waals surface area contributed by atoms with Gasteiger partial charge in [-0.25, -0.2) is 4.79 Å². The molecule has 13 heavy (non-hydrogen) atoms. The van der Waals surface area contributed by atoms with E-state index in [0.717, 1.165) is 0 Å². The van der Waals surface area contributed by atoms with Crippen LogP contribution in [0.15, 0.2) is 18.2 Å². The highest BCUT2D eigenvalue weighted by Gasteiger charge is 2.14. The summed E-state index contributed by atoms with van der Waals surface area (Å²) in [6.45, 7) is 0. The van der Waals surface area contributed by atoms with E-state index in [1.165, 1.54) is 7.11 Å². The molecular formula is C8H10N2O3. The number of carboxylic acids is 1. The minimum atomic E-state index is -1.08. The molecule has 0 fully saturated rings. The van der Waals surface area contributed by atoms with Crippen molar-refractivity contribution in [1.82, 2.24) is 0 Å². The van der Waals surface area contributed by atoms with Crippen LogP contribution in [0.1, 0.15) is 10.4 Å². The van der Waals surface area contributed by atoms with Gasteiger partial charge < -0.3 is 15.3 Å². The smallest absolute Gasteiger partial charge is 0.341 e. The van der Waals surface area contributed by atoms with Gasteiger partial charge in [-0.2, -0.15) is 0 Å². The van der Waals surface area contributed by atoms with Crippen LogP contribution in [-0.4, -0.2) is 18.2 Å². The molecule has 1 rings (SSSR count). The molecule has 1 aromatic rings. The van der Waals surface area contributed by atoms with Crippen LogP contribution in [0.3, 0.4) is 0 Å². The Morgan fingerprint density at radius 3 is 2.77 bits per heavy atom. The maximum Gasteiger partial charge on any atom is 0.341 e. The second-order valence-electron chi connectivity index (χ2n) is 2.33. The van der Waals surface area contributed by atoms with Gasteiger partial charge in [0, 0.05) is 0 Å². The minimum absolute atomic E-state index is 0.0347. The van der Waals surface area contributed by atoms with Crippen LogP contribution in [0, 0.1) is 0 Å². The molecule has 4 N–H and O–H groups in total. The summed E-state index contributed by atoms with van der Waals surface area (Å²) in [5.41, 5.74) is 2.65. The number of carbonyl (C=O) groups is 1. The van der Waals surface area contributed by atoms with Crippen LogP contribution in [0.25, 0.3) is 0 Å².